The highest BCUT2D eigenvalue weighted by Gasteiger charge is 2.21. The molecule has 2 N–H and O–H groups in total. The predicted octanol–water partition coefficient (Wildman–Crippen LogP) is 8.05. The van der Waals surface area contributed by atoms with Crippen LogP contribution in [0, 0.1) is 0 Å². The van der Waals surface area contributed by atoms with Gasteiger partial charge in [0.1, 0.15) is 23.0 Å². The molecule has 4 aromatic rings. The Kier molecular flexibility index (Phi) is 9.75. The lowest BCUT2D eigenvalue weighted by Gasteiger charge is -2.23. The summed E-state index contributed by atoms with van der Waals surface area (Å²) >= 11 is 13.0. The molecule has 1 aliphatic heterocycles. The van der Waals surface area contributed by atoms with Crippen LogP contribution in [-0.2, 0) is 9.84 Å². The molecule has 212 valence electrons. The number of phenolic OH excluding ortho intramolecular Hbond substituents is 1. The third kappa shape index (κ3) is 6.78. The van der Waals surface area contributed by atoms with Crippen molar-refractivity contribution in [3.8, 4) is 34.1 Å². The van der Waals surface area contributed by atoms with E-state index in [0.717, 1.165) is 35.7 Å². The van der Waals surface area contributed by atoms with Gasteiger partial charge in [0.05, 0.1) is 21.5 Å². The van der Waals surface area contributed by atoms with Gasteiger partial charge in [-0.2, -0.15) is 0 Å². The number of nitrogens with one attached hydrogen (secondary N) is 1. The molecule has 10 heteroatoms. The lowest BCUT2D eigenvalue weighted by atomic mass is 9.99. The van der Waals surface area contributed by atoms with E-state index >= 15 is 0 Å². The molecule has 4 aromatic carbocycles. The molecule has 0 aliphatic carbocycles. The highest BCUT2D eigenvalue weighted by atomic mass is 35.5. The Morgan fingerprint density at radius 3 is 2.35 bits per heavy atom. The molecule has 0 radical (unpaired) electrons. The van der Waals surface area contributed by atoms with Crippen molar-refractivity contribution in [2.45, 2.75) is 36.6 Å². The van der Waals surface area contributed by atoms with Crippen molar-refractivity contribution in [1.82, 2.24) is 5.32 Å². The van der Waals surface area contributed by atoms with Gasteiger partial charge in [-0.1, -0.05) is 41.8 Å². The number of hydrogen-bond acceptors (Lipinski definition) is 6. The molecule has 1 unspecified atom stereocenters. The van der Waals surface area contributed by atoms with Crippen molar-refractivity contribution in [3.05, 3.63) is 76.8 Å². The Balaban J connectivity index is 0.00000370. The fraction of sp³-hybridized carbons (Fsp3) is 0.267. The van der Waals surface area contributed by atoms with Gasteiger partial charge in [0, 0.05) is 28.8 Å². The van der Waals surface area contributed by atoms with E-state index in [1.165, 1.54) is 25.3 Å². The van der Waals surface area contributed by atoms with Crippen LogP contribution in [0.2, 0.25) is 10.0 Å². The minimum atomic E-state index is -3.56. The zero-order valence-corrected chi connectivity index (χ0v) is 25.0. The van der Waals surface area contributed by atoms with Crippen molar-refractivity contribution >= 4 is 56.2 Å². The summed E-state index contributed by atoms with van der Waals surface area (Å²) in [6.45, 7) is 1.71. The molecule has 1 atom stereocenters. The molecule has 1 fully saturated rings. The summed E-state index contributed by atoms with van der Waals surface area (Å²) in [6.07, 6.45) is 5.74. The average Bonchev–Trinajstić information content (AvgIpc) is 2.91. The Morgan fingerprint density at radius 2 is 1.65 bits per heavy atom. The Labute approximate surface area is 250 Å². The van der Waals surface area contributed by atoms with Gasteiger partial charge in [0.2, 0.25) is 0 Å². The second-order valence-electron chi connectivity index (χ2n) is 9.72. The number of benzene rings is 4. The number of sulfone groups is 1. The molecule has 1 saturated heterocycles. The van der Waals surface area contributed by atoms with Crippen LogP contribution in [0.5, 0.6) is 23.0 Å². The Bertz CT molecular complexity index is 1600. The van der Waals surface area contributed by atoms with Gasteiger partial charge in [-0.3, -0.25) is 0 Å². The number of aromatic hydroxyl groups is 1. The summed E-state index contributed by atoms with van der Waals surface area (Å²) < 4.78 is 36.6. The number of fused-ring (bicyclic) bond motifs is 1. The van der Waals surface area contributed by atoms with Gasteiger partial charge in [-0.05, 0) is 85.8 Å². The SMILES string of the molecule is CS(=O)(=O)c1ccc(-c2ccc3cc(O)ccc3c2Oc2ccc(OCCC3CCCCN3)cc2)c(Cl)c1Cl.Cl. The van der Waals surface area contributed by atoms with E-state index in [0.29, 0.717) is 35.3 Å². The van der Waals surface area contributed by atoms with Gasteiger partial charge >= 0.3 is 0 Å². The maximum Gasteiger partial charge on any atom is 0.177 e. The first-order valence-corrected chi connectivity index (χ1v) is 15.4. The quantitative estimate of drug-likeness (QED) is 0.207. The van der Waals surface area contributed by atoms with Gasteiger partial charge < -0.3 is 19.9 Å². The van der Waals surface area contributed by atoms with Gasteiger partial charge in [-0.25, -0.2) is 8.42 Å². The largest absolute Gasteiger partial charge is 0.508 e. The first kappa shape index (κ1) is 30.3. The molecule has 1 aliphatic rings. The summed E-state index contributed by atoms with van der Waals surface area (Å²) in [4.78, 5) is -0.0408. The number of rotatable bonds is 8. The van der Waals surface area contributed by atoms with E-state index in [1.807, 2.05) is 36.4 Å². The average molecular weight is 623 g/mol. The van der Waals surface area contributed by atoms with E-state index in [9.17, 15) is 13.5 Å². The summed E-state index contributed by atoms with van der Waals surface area (Å²) in [6, 6.07) is 19.6. The maximum absolute atomic E-state index is 12.1. The topological polar surface area (TPSA) is 84.9 Å². The number of halogens is 3. The van der Waals surface area contributed by atoms with Crippen molar-refractivity contribution in [3.63, 3.8) is 0 Å². The molecule has 40 heavy (non-hydrogen) atoms. The fourth-order valence-electron chi connectivity index (χ4n) is 4.85. The van der Waals surface area contributed by atoms with Crippen LogP contribution in [0.25, 0.3) is 21.9 Å². The fourth-order valence-corrected chi connectivity index (χ4v) is 6.50. The van der Waals surface area contributed by atoms with Crippen LogP contribution in [-0.4, -0.2) is 39.0 Å². The van der Waals surface area contributed by atoms with Crippen molar-refractivity contribution in [1.29, 1.82) is 0 Å². The number of ether oxygens (including phenoxy) is 2. The van der Waals surface area contributed by atoms with Crippen LogP contribution in [0.1, 0.15) is 25.7 Å². The summed E-state index contributed by atoms with van der Waals surface area (Å²) in [5, 5.41) is 15.1. The monoisotopic (exact) mass is 621 g/mol. The molecular weight excluding hydrogens is 593 g/mol. The van der Waals surface area contributed by atoms with Gasteiger partial charge in [-0.15, -0.1) is 12.4 Å². The molecule has 5 rings (SSSR count). The highest BCUT2D eigenvalue weighted by Crippen LogP contribution is 2.45. The Morgan fingerprint density at radius 1 is 0.925 bits per heavy atom. The molecule has 6 nitrogen and oxygen atoms in total. The van der Waals surface area contributed by atoms with Crippen LogP contribution >= 0.6 is 35.6 Å². The highest BCUT2D eigenvalue weighted by molar-refractivity contribution is 7.90. The normalized spacial score (nSPS) is 15.4. The number of hydrogen-bond donors (Lipinski definition) is 2. The summed E-state index contributed by atoms with van der Waals surface area (Å²) in [5.41, 5.74) is 1.15. The lowest BCUT2D eigenvalue weighted by molar-refractivity contribution is 0.268. The van der Waals surface area contributed by atoms with Crippen molar-refractivity contribution in [2.75, 3.05) is 19.4 Å². The minimum absolute atomic E-state index is 0. The standard InChI is InChI=1S/C30H29Cl2NO5S.ClH/c1-39(35,36)27-14-13-25(28(31)29(27)32)26-11-5-19-18-21(34)6-12-24(19)30(26)38-23-9-7-22(8-10-23)37-17-15-20-4-2-3-16-33-20;/h5-14,18,20,33-34H,2-4,15-17H2,1H3;1H. The van der Waals surface area contributed by atoms with Crippen LogP contribution in [0.4, 0.5) is 0 Å². The van der Waals surface area contributed by atoms with Crippen molar-refractivity contribution in [2.24, 2.45) is 0 Å². The second kappa shape index (κ2) is 12.9. The smallest absolute Gasteiger partial charge is 0.177 e. The van der Waals surface area contributed by atoms with Gasteiger partial charge in [0.25, 0.3) is 0 Å². The first-order valence-electron chi connectivity index (χ1n) is 12.8. The molecule has 0 amide bonds. The lowest BCUT2D eigenvalue weighted by Crippen LogP contribution is -2.35. The molecular formula is C30H30Cl3NO5S. The van der Waals surface area contributed by atoms with Gasteiger partial charge in [0.15, 0.2) is 9.84 Å². The zero-order chi connectivity index (χ0) is 27.6. The zero-order valence-electron chi connectivity index (χ0n) is 21.8. The molecule has 0 spiro atoms. The Hall–Kier alpha value is -2.68. The molecule has 1 heterocycles. The maximum atomic E-state index is 12.1. The third-order valence-corrected chi connectivity index (χ3v) is 9.01. The number of piperidine rings is 1. The van der Waals surface area contributed by atoms with Crippen LogP contribution in [0.15, 0.2) is 71.6 Å². The van der Waals surface area contributed by atoms with Crippen molar-refractivity contribution < 1.29 is 23.0 Å². The van der Waals surface area contributed by atoms with Crippen LogP contribution in [0.3, 0.4) is 0 Å². The first-order chi connectivity index (χ1) is 18.7. The minimum Gasteiger partial charge on any atom is -0.508 e. The summed E-state index contributed by atoms with van der Waals surface area (Å²) in [7, 11) is -3.56. The predicted molar refractivity (Wildman–Crippen MR) is 164 cm³/mol. The van der Waals surface area contributed by atoms with E-state index in [4.69, 9.17) is 32.7 Å². The third-order valence-electron chi connectivity index (χ3n) is 6.88. The van der Waals surface area contributed by atoms with Crippen LogP contribution < -0.4 is 14.8 Å². The summed E-state index contributed by atoms with van der Waals surface area (Å²) in [5.74, 6) is 1.96. The number of phenols is 1. The molecule has 0 saturated carbocycles. The van der Waals surface area contributed by atoms with E-state index in [2.05, 4.69) is 5.32 Å². The molecule has 0 aromatic heterocycles. The van der Waals surface area contributed by atoms with E-state index < -0.39 is 9.84 Å². The second-order valence-corrected chi connectivity index (χ2v) is 12.5. The van der Waals surface area contributed by atoms with E-state index in [1.54, 1.807) is 24.3 Å². The molecule has 0 bridgehead atoms. The van der Waals surface area contributed by atoms with E-state index in [-0.39, 0.29) is 33.1 Å².